The molecule has 0 spiro atoms. The molecule has 1 aliphatic carbocycles. The molecular weight excluding hydrogens is 324 g/mol. The van der Waals surface area contributed by atoms with Crippen LogP contribution in [0.1, 0.15) is 64.4 Å². The van der Waals surface area contributed by atoms with Gasteiger partial charge in [0.2, 0.25) is 0 Å². The van der Waals surface area contributed by atoms with Crippen molar-refractivity contribution in [3.8, 4) is 0 Å². The van der Waals surface area contributed by atoms with Crippen LogP contribution in [0.5, 0.6) is 0 Å². The first-order chi connectivity index (χ1) is 11.6. The number of rotatable bonds is 5. The molecule has 1 atom stereocenters. The van der Waals surface area contributed by atoms with Crippen LogP contribution in [0.2, 0.25) is 0 Å². The van der Waals surface area contributed by atoms with E-state index < -0.39 is 5.97 Å². The highest BCUT2D eigenvalue weighted by Gasteiger charge is 2.28. The molecule has 0 radical (unpaired) electrons. The minimum atomic E-state index is -0.939. The standard InChI is InChI=1S/C17H22N4O2S/c1-20-15(11-4-5-11)7-13(19-20)9-21-6-2-3-12(8-21)16-18-14(10-24-16)17(22)23/h7,10-12H,2-6,8-9H2,1H3,(H,22,23). The predicted octanol–water partition coefficient (Wildman–Crippen LogP) is 2.83. The van der Waals surface area contributed by atoms with Crippen molar-refractivity contribution in [3.05, 3.63) is 33.5 Å². The molecular formula is C17H22N4O2S. The lowest BCUT2D eigenvalue weighted by molar-refractivity contribution is 0.0691. The molecule has 1 saturated heterocycles. The highest BCUT2D eigenvalue weighted by Crippen LogP contribution is 2.40. The molecule has 128 valence electrons. The van der Waals surface area contributed by atoms with Crippen LogP contribution in [-0.4, -0.2) is 43.8 Å². The Bertz CT molecular complexity index is 750. The first-order valence-electron chi connectivity index (χ1n) is 8.54. The number of hydrogen-bond acceptors (Lipinski definition) is 5. The maximum absolute atomic E-state index is 11.0. The number of piperidine rings is 1. The minimum absolute atomic E-state index is 0.172. The summed E-state index contributed by atoms with van der Waals surface area (Å²) in [6, 6.07) is 2.26. The van der Waals surface area contributed by atoms with Gasteiger partial charge in [0.15, 0.2) is 5.69 Å². The minimum Gasteiger partial charge on any atom is -0.476 e. The van der Waals surface area contributed by atoms with Crippen molar-refractivity contribution in [2.24, 2.45) is 7.05 Å². The largest absolute Gasteiger partial charge is 0.476 e. The lowest BCUT2D eigenvalue weighted by Gasteiger charge is -2.31. The molecule has 3 heterocycles. The first kappa shape index (κ1) is 15.8. The monoisotopic (exact) mass is 346 g/mol. The van der Waals surface area contributed by atoms with Crippen LogP contribution in [0.15, 0.2) is 11.4 Å². The molecule has 2 fully saturated rings. The average Bonchev–Trinajstić information content (AvgIpc) is 3.15. The van der Waals surface area contributed by atoms with Gasteiger partial charge in [-0.05, 0) is 38.3 Å². The Morgan fingerprint density at radius 1 is 1.38 bits per heavy atom. The number of hydrogen-bond donors (Lipinski definition) is 1. The smallest absolute Gasteiger partial charge is 0.355 e. The SMILES string of the molecule is Cn1nc(CN2CCCC(c3nc(C(=O)O)cs3)C2)cc1C1CC1. The van der Waals surface area contributed by atoms with Crippen molar-refractivity contribution in [1.29, 1.82) is 0 Å². The van der Waals surface area contributed by atoms with Crippen LogP contribution in [0.4, 0.5) is 0 Å². The number of likely N-dealkylation sites (tertiary alicyclic amines) is 1. The van der Waals surface area contributed by atoms with E-state index in [1.54, 1.807) is 5.38 Å². The lowest BCUT2D eigenvalue weighted by Crippen LogP contribution is -2.34. The third-order valence-corrected chi connectivity index (χ3v) is 5.95. The van der Waals surface area contributed by atoms with Gasteiger partial charge < -0.3 is 5.11 Å². The molecule has 2 aromatic heterocycles. The van der Waals surface area contributed by atoms with E-state index in [2.05, 4.69) is 21.0 Å². The van der Waals surface area contributed by atoms with Gasteiger partial charge in [-0.15, -0.1) is 11.3 Å². The molecule has 2 aliphatic rings. The summed E-state index contributed by atoms with van der Waals surface area (Å²) < 4.78 is 2.04. The molecule has 0 aromatic carbocycles. The summed E-state index contributed by atoms with van der Waals surface area (Å²) in [5.41, 5.74) is 2.68. The molecule has 6 nitrogen and oxygen atoms in total. The van der Waals surface area contributed by atoms with Gasteiger partial charge in [0.1, 0.15) is 0 Å². The van der Waals surface area contributed by atoms with Gasteiger partial charge in [0.05, 0.1) is 10.7 Å². The maximum atomic E-state index is 11.0. The number of carbonyl (C=O) groups is 1. The van der Waals surface area contributed by atoms with Crippen LogP contribution in [0, 0.1) is 0 Å². The van der Waals surface area contributed by atoms with E-state index >= 15 is 0 Å². The number of carboxylic acids is 1. The van der Waals surface area contributed by atoms with Gasteiger partial charge in [-0.25, -0.2) is 9.78 Å². The molecule has 7 heteroatoms. The highest BCUT2D eigenvalue weighted by molar-refractivity contribution is 7.09. The van der Waals surface area contributed by atoms with Crippen molar-refractivity contribution in [3.63, 3.8) is 0 Å². The van der Waals surface area contributed by atoms with E-state index in [1.165, 1.54) is 29.9 Å². The fraction of sp³-hybridized carbons (Fsp3) is 0.588. The van der Waals surface area contributed by atoms with Crippen LogP contribution in [-0.2, 0) is 13.6 Å². The maximum Gasteiger partial charge on any atom is 0.355 e. The molecule has 4 rings (SSSR count). The Balaban J connectivity index is 1.42. The zero-order chi connectivity index (χ0) is 16.7. The highest BCUT2D eigenvalue weighted by atomic mass is 32.1. The normalized spacial score (nSPS) is 22.0. The molecule has 0 bridgehead atoms. The summed E-state index contributed by atoms with van der Waals surface area (Å²) in [4.78, 5) is 17.7. The topological polar surface area (TPSA) is 71.2 Å². The van der Waals surface area contributed by atoms with Gasteiger partial charge in [-0.3, -0.25) is 9.58 Å². The van der Waals surface area contributed by atoms with Crippen LogP contribution < -0.4 is 0 Å². The number of thiazole rings is 1. The zero-order valence-corrected chi connectivity index (χ0v) is 14.6. The van der Waals surface area contributed by atoms with E-state index in [-0.39, 0.29) is 5.69 Å². The molecule has 0 amide bonds. The summed E-state index contributed by atoms with van der Waals surface area (Å²) in [5.74, 6) is 0.116. The second-order valence-electron chi connectivity index (χ2n) is 6.91. The predicted molar refractivity (Wildman–Crippen MR) is 91.5 cm³/mol. The number of aromatic carboxylic acids is 1. The van der Waals surface area contributed by atoms with Crippen molar-refractivity contribution in [1.82, 2.24) is 19.7 Å². The van der Waals surface area contributed by atoms with Crippen LogP contribution in [0.25, 0.3) is 0 Å². The zero-order valence-electron chi connectivity index (χ0n) is 13.8. The quantitative estimate of drug-likeness (QED) is 0.901. The van der Waals surface area contributed by atoms with Crippen molar-refractivity contribution in [2.75, 3.05) is 13.1 Å². The molecule has 1 aliphatic heterocycles. The fourth-order valence-corrected chi connectivity index (χ4v) is 4.51. The molecule has 2 aromatic rings. The second kappa shape index (κ2) is 6.29. The molecule has 24 heavy (non-hydrogen) atoms. The summed E-state index contributed by atoms with van der Waals surface area (Å²) >= 11 is 1.47. The third-order valence-electron chi connectivity index (χ3n) is 4.94. The molecule has 1 unspecified atom stereocenters. The summed E-state index contributed by atoms with van der Waals surface area (Å²) in [7, 11) is 2.04. The van der Waals surface area contributed by atoms with Crippen LogP contribution in [0.3, 0.4) is 0 Å². The number of aryl methyl sites for hydroxylation is 1. The van der Waals surface area contributed by atoms with Gasteiger partial charge in [0.25, 0.3) is 0 Å². The average molecular weight is 346 g/mol. The van der Waals surface area contributed by atoms with Crippen molar-refractivity contribution < 1.29 is 9.90 Å². The first-order valence-corrected chi connectivity index (χ1v) is 9.42. The third kappa shape index (κ3) is 3.23. The van der Waals surface area contributed by atoms with E-state index in [1.807, 2.05) is 11.7 Å². The van der Waals surface area contributed by atoms with Gasteiger partial charge in [0, 0.05) is 43.0 Å². The van der Waals surface area contributed by atoms with E-state index in [0.29, 0.717) is 5.92 Å². The van der Waals surface area contributed by atoms with Gasteiger partial charge in [-0.1, -0.05) is 0 Å². The second-order valence-corrected chi connectivity index (χ2v) is 7.80. The number of nitrogens with zero attached hydrogens (tertiary/aromatic N) is 4. The van der Waals surface area contributed by atoms with Crippen molar-refractivity contribution >= 4 is 17.3 Å². The Morgan fingerprint density at radius 3 is 2.92 bits per heavy atom. The molecule has 1 N–H and O–H groups in total. The Morgan fingerprint density at radius 2 is 2.21 bits per heavy atom. The Labute approximate surface area is 145 Å². The van der Waals surface area contributed by atoms with Gasteiger partial charge in [-0.2, -0.15) is 5.10 Å². The molecule has 1 saturated carbocycles. The van der Waals surface area contributed by atoms with E-state index in [0.717, 1.165) is 49.1 Å². The van der Waals surface area contributed by atoms with Crippen LogP contribution >= 0.6 is 11.3 Å². The number of carboxylic acid groups (broad SMARTS) is 1. The number of aromatic nitrogens is 3. The lowest BCUT2D eigenvalue weighted by atomic mass is 9.98. The van der Waals surface area contributed by atoms with Gasteiger partial charge >= 0.3 is 5.97 Å². The summed E-state index contributed by atoms with van der Waals surface area (Å²) in [6.45, 7) is 2.87. The Hall–Kier alpha value is -1.73. The summed E-state index contributed by atoms with van der Waals surface area (Å²) in [5, 5.41) is 16.3. The fourth-order valence-electron chi connectivity index (χ4n) is 3.59. The summed E-state index contributed by atoms with van der Waals surface area (Å²) in [6.07, 6.45) is 4.79. The van der Waals surface area contributed by atoms with E-state index in [9.17, 15) is 4.79 Å². The van der Waals surface area contributed by atoms with E-state index in [4.69, 9.17) is 5.11 Å². The van der Waals surface area contributed by atoms with Crippen molar-refractivity contribution in [2.45, 2.75) is 44.1 Å². The Kier molecular flexibility index (Phi) is 4.14.